The molecule has 4 fully saturated rings. The Morgan fingerprint density at radius 2 is 1.81 bits per heavy atom. The molecule has 4 rings (SSSR count). The van der Waals surface area contributed by atoms with E-state index in [0.717, 1.165) is 11.8 Å². The van der Waals surface area contributed by atoms with Crippen LogP contribution in [0.1, 0.15) is 52.4 Å². The minimum absolute atomic E-state index is 0.219. The topological polar surface area (TPSA) is 25.1 Å². The third-order valence-electron chi connectivity index (χ3n) is 5.88. The molecule has 0 aromatic heterocycles. The summed E-state index contributed by atoms with van der Waals surface area (Å²) in [6, 6.07) is 0. The van der Waals surface area contributed by atoms with Gasteiger partial charge in [-0.2, -0.15) is 0 Å². The van der Waals surface area contributed by atoms with Crippen LogP contribution in [0.25, 0.3) is 0 Å². The zero-order valence-corrected chi connectivity index (χ0v) is 10.4. The lowest BCUT2D eigenvalue weighted by molar-refractivity contribution is 0.181. The number of rotatable bonds is 1. The average molecular weight is 222 g/mol. The maximum absolute atomic E-state index is 5.98. The molecule has 90 valence electrons. The van der Waals surface area contributed by atoms with Gasteiger partial charge in [0, 0.05) is 0 Å². The Balaban J connectivity index is 1.45. The second-order valence-electron chi connectivity index (χ2n) is 6.85. The zero-order valence-electron chi connectivity index (χ0n) is 10.4. The molecule has 2 heterocycles. The summed E-state index contributed by atoms with van der Waals surface area (Å²) in [6.07, 6.45) is 9.30. The zero-order chi connectivity index (χ0) is 11.0. The van der Waals surface area contributed by atoms with Crippen molar-refractivity contribution < 1.29 is 9.47 Å². The predicted octanol–water partition coefficient (Wildman–Crippen LogP) is 2.90. The molecule has 0 N–H and O–H groups in total. The van der Waals surface area contributed by atoms with Crippen LogP contribution in [0.4, 0.5) is 0 Å². The Bertz CT molecular complexity index is 329. The summed E-state index contributed by atoms with van der Waals surface area (Å²) >= 11 is 0. The normalized spacial score (nSPS) is 63.4. The molecule has 0 aromatic rings. The van der Waals surface area contributed by atoms with Gasteiger partial charge in [0.25, 0.3) is 0 Å². The van der Waals surface area contributed by atoms with E-state index < -0.39 is 0 Å². The van der Waals surface area contributed by atoms with Crippen LogP contribution in [0.3, 0.4) is 0 Å². The maximum atomic E-state index is 5.98. The van der Waals surface area contributed by atoms with E-state index in [9.17, 15) is 0 Å². The van der Waals surface area contributed by atoms with E-state index in [-0.39, 0.29) is 11.2 Å². The van der Waals surface area contributed by atoms with Gasteiger partial charge in [0.05, 0.1) is 23.4 Å². The fraction of sp³-hybridized carbons (Fsp3) is 1.00. The van der Waals surface area contributed by atoms with Crippen LogP contribution in [0, 0.1) is 11.8 Å². The molecule has 4 aliphatic rings. The Morgan fingerprint density at radius 3 is 2.56 bits per heavy atom. The van der Waals surface area contributed by atoms with E-state index in [1.165, 1.54) is 38.5 Å². The fourth-order valence-corrected chi connectivity index (χ4v) is 4.37. The second kappa shape index (κ2) is 2.84. The van der Waals surface area contributed by atoms with Crippen molar-refractivity contribution in [3.63, 3.8) is 0 Å². The molecule has 0 bridgehead atoms. The van der Waals surface area contributed by atoms with E-state index in [0.29, 0.717) is 12.2 Å². The standard InChI is InChI=1S/C14H22O2/c1-13-6-5-10(8-14(13,2)16-13)9-3-4-11-12(7-9)15-11/h9-12H,3-8H2,1-2H3/t9?,10?,11?,12-,13?,14?/m1/s1. The van der Waals surface area contributed by atoms with Gasteiger partial charge in [0.2, 0.25) is 0 Å². The van der Waals surface area contributed by atoms with Gasteiger partial charge >= 0.3 is 0 Å². The number of epoxide rings is 2. The highest BCUT2D eigenvalue weighted by molar-refractivity contribution is 5.14. The first kappa shape index (κ1) is 9.90. The molecular formula is C14H22O2. The highest BCUT2D eigenvalue weighted by Gasteiger charge is 2.66. The van der Waals surface area contributed by atoms with Crippen molar-refractivity contribution in [1.82, 2.24) is 0 Å². The van der Waals surface area contributed by atoms with Gasteiger partial charge in [-0.05, 0) is 64.2 Å². The summed E-state index contributed by atoms with van der Waals surface area (Å²) < 4.78 is 11.6. The first-order valence-electron chi connectivity index (χ1n) is 6.95. The van der Waals surface area contributed by atoms with E-state index in [1.807, 2.05) is 0 Å². The average Bonchev–Trinajstić information content (AvgIpc) is 3.09. The van der Waals surface area contributed by atoms with Crippen molar-refractivity contribution in [1.29, 1.82) is 0 Å². The maximum Gasteiger partial charge on any atom is 0.0952 e. The first-order chi connectivity index (χ1) is 7.60. The third-order valence-corrected chi connectivity index (χ3v) is 5.88. The SMILES string of the molecule is CC12CCC(C3CCC4O[C@@H]4C3)CC1(C)O2. The fourth-order valence-electron chi connectivity index (χ4n) is 4.37. The van der Waals surface area contributed by atoms with Gasteiger partial charge in [-0.25, -0.2) is 0 Å². The van der Waals surface area contributed by atoms with Crippen LogP contribution in [-0.4, -0.2) is 23.4 Å². The number of hydrogen-bond donors (Lipinski definition) is 0. The van der Waals surface area contributed by atoms with Crippen molar-refractivity contribution in [2.24, 2.45) is 11.8 Å². The van der Waals surface area contributed by atoms with Gasteiger partial charge in [-0.15, -0.1) is 0 Å². The molecular weight excluding hydrogens is 200 g/mol. The predicted molar refractivity (Wildman–Crippen MR) is 61.2 cm³/mol. The van der Waals surface area contributed by atoms with Crippen LogP contribution in [0.15, 0.2) is 0 Å². The van der Waals surface area contributed by atoms with Crippen molar-refractivity contribution in [2.75, 3.05) is 0 Å². The van der Waals surface area contributed by atoms with Crippen LogP contribution < -0.4 is 0 Å². The lowest BCUT2D eigenvalue weighted by Crippen LogP contribution is -2.34. The quantitative estimate of drug-likeness (QED) is 0.637. The summed E-state index contributed by atoms with van der Waals surface area (Å²) in [5.74, 6) is 1.83. The molecule has 0 aromatic carbocycles. The van der Waals surface area contributed by atoms with Gasteiger partial charge in [0.1, 0.15) is 0 Å². The molecule has 0 amide bonds. The second-order valence-corrected chi connectivity index (χ2v) is 6.85. The molecule has 0 spiro atoms. The molecule has 2 heteroatoms. The first-order valence-corrected chi connectivity index (χ1v) is 6.95. The number of fused-ring (bicyclic) bond motifs is 2. The molecule has 16 heavy (non-hydrogen) atoms. The largest absolute Gasteiger partial charge is 0.370 e. The van der Waals surface area contributed by atoms with Crippen LogP contribution in [-0.2, 0) is 9.47 Å². The Kier molecular flexibility index (Phi) is 1.76. The van der Waals surface area contributed by atoms with Crippen molar-refractivity contribution in [3.05, 3.63) is 0 Å². The lowest BCUT2D eigenvalue weighted by Gasteiger charge is -2.34. The van der Waals surface area contributed by atoms with E-state index in [1.54, 1.807) is 0 Å². The Hall–Kier alpha value is -0.0800. The van der Waals surface area contributed by atoms with Crippen LogP contribution >= 0.6 is 0 Å². The molecule has 2 nitrogen and oxygen atoms in total. The monoisotopic (exact) mass is 222 g/mol. The van der Waals surface area contributed by atoms with Crippen molar-refractivity contribution >= 4 is 0 Å². The Labute approximate surface area is 97.7 Å². The van der Waals surface area contributed by atoms with Gasteiger partial charge in [0.15, 0.2) is 0 Å². The van der Waals surface area contributed by atoms with E-state index >= 15 is 0 Å². The van der Waals surface area contributed by atoms with Crippen molar-refractivity contribution in [3.8, 4) is 0 Å². The third kappa shape index (κ3) is 1.26. The summed E-state index contributed by atoms with van der Waals surface area (Å²) in [4.78, 5) is 0. The van der Waals surface area contributed by atoms with E-state index in [4.69, 9.17) is 9.47 Å². The molecule has 2 aliphatic carbocycles. The smallest absolute Gasteiger partial charge is 0.0952 e. The summed E-state index contributed by atoms with van der Waals surface area (Å²) in [5.41, 5.74) is 0.452. The van der Waals surface area contributed by atoms with Crippen LogP contribution in [0.5, 0.6) is 0 Å². The van der Waals surface area contributed by atoms with Gasteiger partial charge < -0.3 is 9.47 Å². The van der Waals surface area contributed by atoms with E-state index in [2.05, 4.69) is 13.8 Å². The Morgan fingerprint density at radius 1 is 0.938 bits per heavy atom. The number of ether oxygens (including phenoxy) is 2. The highest BCUT2D eigenvalue weighted by atomic mass is 16.6. The summed E-state index contributed by atoms with van der Waals surface area (Å²) in [6.45, 7) is 4.61. The minimum Gasteiger partial charge on any atom is -0.370 e. The molecule has 2 aliphatic heterocycles. The lowest BCUT2D eigenvalue weighted by atomic mass is 9.68. The molecule has 0 radical (unpaired) electrons. The highest BCUT2D eigenvalue weighted by Crippen LogP contribution is 2.60. The van der Waals surface area contributed by atoms with Crippen LogP contribution in [0.2, 0.25) is 0 Å². The van der Waals surface area contributed by atoms with Gasteiger partial charge in [-0.1, -0.05) is 0 Å². The molecule has 2 saturated heterocycles. The summed E-state index contributed by atoms with van der Waals surface area (Å²) in [5, 5.41) is 0. The molecule has 5 unspecified atom stereocenters. The summed E-state index contributed by atoms with van der Waals surface area (Å²) in [7, 11) is 0. The molecule has 6 atom stereocenters. The minimum atomic E-state index is 0.219. The van der Waals surface area contributed by atoms with Gasteiger partial charge in [-0.3, -0.25) is 0 Å². The number of hydrogen-bond acceptors (Lipinski definition) is 2. The van der Waals surface area contributed by atoms with Crippen molar-refractivity contribution in [2.45, 2.75) is 75.8 Å². The molecule has 2 saturated carbocycles.